The summed E-state index contributed by atoms with van der Waals surface area (Å²) < 4.78 is 0. The molecule has 2 N–H and O–H groups in total. The van der Waals surface area contributed by atoms with Gasteiger partial charge in [-0.1, -0.05) is 0 Å². The molecule has 5 heteroatoms. The van der Waals surface area contributed by atoms with Crippen LogP contribution in [0.5, 0.6) is 0 Å². The number of aldehydes is 1. The van der Waals surface area contributed by atoms with Gasteiger partial charge in [-0.2, -0.15) is 0 Å². The number of anilines is 1. The largest absolute Gasteiger partial charge is 0.380 e. The fourth-order valence-corrected chi connectivity index (χ4v) is 0.384. The Bertz CT molecular complexity index is 224. The molecule has 0 aliphatic heterocycles. The molecule has 9 heavy (non-hydrogen) atoms. The van der Waals surface area contributed by atoms with E-state index >= 15 is 0 Å². The highest BCUT2D eigenvalue weighted by Gasteiger charge is 1.96. The minimum absolute atomic E-state index is 0.0625. The maximum Gasteiger partial charge on any atom is 0.175 e. The summed E-state index contributed by atoms with van der Waals surface area (Å²) in [6, 6.07) is 0. The van der Waals surface area contributed by atoms with Crippen LogP contribution < -0.4 is 5.73 Å². The lowest BCUT2D eigenvalue weighted by Crippen LogP contribution is -2.00. The Labute approximate surface area is 50.9 Å². The number of nitrogens with zero attached hydrogens (tertiary/aromatic N) is 3. The highest BCUT2D eigenvalue weighted by molar-refractivity contribution is 5.77. The monoisotopic (exact) mass is 124 g/mol. The van der Waals surface area contributed by atoms with Crippen LogP contribution in [0.3, 0.4) is 0 Å². The standard InChI is InChI=1S/C4H4N4O/c5-4-3(1-9)6-2-7-8-4/h1-2H,(H2,5,8). The second-order valence-corrected chi connectivity index (χ2v) is 1.35. The Hall–Kier alpha value is -1.52. The van der Waals surface area contributed by atoms with E-state index in [1.54, 1.807) is 0 Å². The zero-order valence-corrected chi connectivity index (χ0v) is 4.48. The van der Waals surface area contributed by atoms with Gasteiger partial charge in [0, 0.05) is 0 Å². The number of hydrogen-bond donors (Lipinski definition) is 1. The van der Waals surface area contributed by atoms with Crippen molar-refractivity contribution in [2.75, 3.05) is 5.73 Å². The zero-order chi connectivity index (χ0) is 6.69. The van der Waals surface area contributed by atoms with Gasteiger partial charge in [0.05, 0.1) is 0 Å². The number of carbonyl (C=O) groups excluding carboxylic acids is 1. The van der Waals surface area contributed by atoms with Gasteiger partial charge in [-0.25, -0.2) is 4.98 Å². The van der Waals surface area contributed by atoms with E-state index < -0.39 is 0 Å². The van der Waals surface area contributed by atoms with Crippen LogP contribution in [-0.2, 0) is 0 Å². The average Bonchev–Trinajstić information content (AvgIpc) is 1.89. The topological polar surface area (TPSA) is 81.8 Å². The van der Waals surface area contributed by atoms with Crippen molar-refractivity contribution in [1.29, 1.82) is 0 Å². The molecule has 0 aliphatic rings. The van der Waals surface area contributed by atoms with Gasteiger partial charge in [0.2, 0.25) is 0 Å². The van der Waals surface area contributed by atoms with Crippen molar-refractivity contribution < 1.29 is 4.79 Å². The Kier molecular flexibility index (Phi) is 1.35. The van der Waals surface area contributed by atoms with Gasteiger partial charge in [-0.3, -0.25) is 4.79 Å². The van der Waals surface area contributed by atoms with Gasteiger partial charge >= 0.3 is 0 Å². The van der Waals surface area contributed by atoms with Gasteiger partial charge < -0.3 is 5.73 Å². The van der Waals surface area contributed by atoms with Crippen molar-refractivity contribution in [3.05, 3.63) is 12.0 Å². The van der Waals surface area contributed by atoms with Gasteiger partial charge in [-0.05, 0) is 0 Å². The Morgan fingerprint density at radius 3 is 2.89 bits per heavy atom. The van der Waals surface area contributed by atoms with Crippen LogP contribution in [0.2, 0.25) is 0 Å². The molecule has 0 fully saturated rings. The second-order valence-electron chi connectivity index (χ2n) is 1.35. The first-order valence-corrected chi connectivity index (χ1v) is 2.23. The number of nitrogen functional groups attached to an aromatic ring is 1. The molecule has 0 saturated heterocycles. The summed E-state index contributed by atoms with van der Waals surface area (Å²) in [7, 11) is 0. The first-order chi connectivity index (χ1) is 4.34. The molecular weight excluding hydrogens is 120 g/mol. The van der Waals surface area contributed by atoms with Crippen LogP contribution in [0.15, 0.2) is 6.33 Å². The lowest BCUT2D eigenvalue weighted by molar-refractivity contribution is 0.111. The van der Waals surface area contributed by atoms with E-state index in [-0.39, 0.29) is 11.5 Å². The fraction of sp³-hybridized carbons (Fsp3) is 0. The molecular formula is C4H4N4O. The third-order valence-corrected chi connectivity index (χ3v) is 0.788. The molecule has 0 aliphatic carbocycles. The minimum Gasteiger partial charge on any atom is -0.380 e. The summed E-state index contributed by atoms with van der Waals surface area (Å²) in [5.74, 6) is 0.0625. The molecule has 0 radical (unpaired) electrons. The molecule has 0 amide bonds. The quantitative estimate of drug-likeness (QED) is 0.499. The summed E-state index contributed by atoms with van der Waals surface area (Å²) in [4.78, 5) is 13.5. The molecule has 0 unspecified atom stereocenters. The van der Waals surface area contributed by atoms with Crippen LogP contribution in [-0.4, -0.2) is 21.5 Å². The predicted octanol–water partition coefficient (Wildman–Crippen LogP) is -0.734. The second kappa shape index (κ2) is 2.17. The van der Waals surface area contributed by atoms with Crippen LogP contribution in [0.4, 0.5) is 5.82 Å². The summed E-state index contributed by atoms with van der Waals surface area (Å²) in [6.45, 7) is 0. The predicted molar refractivity (Wildman–Crippen MR) is 29.6 cm³/mol. The lowest BCUT2D eigenvalue weighted by Gasteiger charge is -1.89. The van der Waals surface area contributed by atoms with E-state index in [0.717, 1.165) is 0 Å². The number of aromatic nitrogens is 3. The molecule has 5 nitrogen and oxygen atoms in total. The molecule has 1 aromatic rings. The normalized spacial score (nSPS) is 8.89. The van der Waals surface area contributed by atoms with E-state index in [1.165, 1.54) is 6.33 Å². The molecule has 0 saturated carbocycles. The van der Waals surface area contributed by atoms with E-state index in [2.05, 4.69) is 15.2 Å². The smallest absolute Gasteiger partial charge is 0.175 e. The Balaban J connectivity index is 3.15. The van der Waals surface area contributed by atoms with Crippen LogP contribution >= 0.6 is 0 Å². The summed E-state index contributed by atoms with van der Waals surface area (Å²) in [6.07, 6.45) is 1.70. The van der Waals surface area contributed by atoms with Gasteiger partial charge in [-0.15, -0.1) is 10.2 Å². The molecule has 0 spiro atoms. The van der Waals surface area contributed by atoms with Crippen LogP contribution in [0, 0.1) is 0 Å². The fourth-order valence-electron chi connectivity index (χ4n) is 0.384. The first-order valence-electron chi connectivity index (χ1n) is 2.23. The highest BCUT2D eigenvalue weighted by atomic mass is 16.1. The van der Waals surface area contributed by atoms with Crippen molar-refractivity contribution in [2.24, 2.45) is 0 Å². The number of carbonyl (C=O) groups is 1. The highest BCUT2D eigenvalue weighted by Crippen LogP contribution is 1.94. The molecule has 46 valence electrons. The van der Waals surface area contributed by atoms with Gasteiger partial charge in [0.15, 0.2) is 12.1 Å². The molecule has 1 rings (SSSR count). The average molecular weight is 124 g/mol. The summed E-state index contributed by atoms with van der Waals surface area (Å²) in [5, 5.41) is 6.73. The molecule has 0 bridgehead atoms. The van der Waals surface area contributed by atoms with E-state index in [0.29, 0.717) is 6.29 Å². The van der Waals surface area contributed by atoms with Crippen molar-refractivity contribution in [3.63, 3.8) is 0 Å². The molecule has 1 heterocycles. The molecule has 0 atom stereocenters. The Morgan fingerprint density at radius 2 is 2.44 bits per heavy atom. The van der Waals surface area contributed by atoms with E-state index in [1.807, 2.05) is 0 Å². The summed E-state index contributed by atoms with van der Waals surface area (Å²) in [5.41, 5.74) is 5.29. The number of hydrogen-bond acceptors (Lipinski definition) is 5. The zero-order valence-electron chi connectivity index (χ0n) is 4.48. The van der Waals surface area contributed by atoms with Gasteiger partial charge in [0.25, 0.3) is 0 Å². The van der Waals surface area contributed by atoms with E-state index in [9.17, 15) is 4.79 Å². The van der Waals surface area contributed by atoms with Crippen molar-refractivity contribution >= 4 is 12.1 Å². The van der Waals surface area contributed by atoms with Gasteiger partial charge in [0.1, 0.15) is 12.0 Å². The summed E-state index contributed by atoms with van der Waals surface area (Å²) >= 11 is 0. The number of rotatable bonds is 1. The van der Waals surface area contributed by atoms with Crippen molar-refractivity contribution in [1.82, 2.24) is 15.2 Å². The SMILES string of the molecule is Nc1nncnc1C=O. The molecule has 0 aromatic carbocycles. The Morgan fingerprint density at radius 1 is 1.67 bits per heavy atom. The maximum atomic E-state index is 10.0. The van der Waals surface area contributed by atoms with Crippen LogP contribution in [0.25, 0.3) is 0 Å². The minimum atomic E-state index is 0.0625. The van der Waals surface area contributed by atoms with E-state index in [4.69, 9.17) is 5.73 Å². The van der Waals surface area contributed by atoms with Crippen molar-refractivity contribution in [3.8, 4) is 0 Å². The third kappa shape index (κ3) is 0.987. The van der Waals surface area contributed by atoms with Crippen molar-refractivity contribution in [2.45, 2.75) is 0 Å². The van der Waals surface area contributed by atoms with Crippen LogP contribution in [0.1, 0.15) is 10.5 Å². The maximum absolute atomic E-state index is 10.0. The number of nitrogens with two attached hydrogens (primary N) is 1. The lowest BCUT2D eigenvalue weighted by atomic mass is 10.5. The first kappa shape index (κ1) is 5.61. The third-order valence-electron chi connectivity index (χ3n) is 0.788. The molecule has 1 aromatic heterocycles.